The smallest absolute Gasteiger partial charge is 0.271 e. The Morgan fingerprint density at radius 1 is 1.21 bits per heavy atom. The molecule has 2 aromatic carbocycles. The number of anilines is 1. The van der Waals surface area contributed by atoms with Gasteiger partial charge in [0.1, 0.15) is 5.82 Å². The van der Waals surface area contributed by atoms with E-state index in [0.717, 1.165) is 30.8 Å². The zero-order chi connectivity index (χ0) is 19.7. The fraction of sp³-hybridized carbons (Fsp3) is 0.273. The highest BCUT2D eigenvalue weighted by atomic mass is 19.1. The summed E-state index contributed by atoms with van der Waals surface area (Å²) in [5, 5.41) is 7.28. The number of carbonyl (C=O) groups excluding carboxylic acids is 1. The lowest BCUT2D eigenvalue weighted by molar-refractivity contribution is 0.0949. The number of aromatic nitrogens is 2. The monoisotopic (exact) mass is 378 g/mol. The van der Waals surface area contributed by atoms with Crippen LogP contribution in [-0.2, 0) is 13.5 Å². The van der Waals surface area contributed by atoms with Crippen LogP contribution in [0.4, 0.5) is 10.1 Å². The molecule has 2 heterocycles. The van der Waals surface area contributed by atoms with Crippen LogP contribution in [-0.4, -0.2) is 35.3 Å². The molecule has 1 amide bonds. The number of halogens is 1. The minimum Gasteiger partial charge on any atom is -0.369 e. The Hall–Kier alpha value is -3.15. The Labute approximate surface area is 163 Å². The van der Waals surface area contributed by atoms with E-state index in [-0.39, 0.29) is 11.7 Å². The number of para-hydroxylation sites is 1. The average Bonchev–Trinajstić information content (AvgIpc) is 3.28. The fourth-order valence-corrected chi connectivity index (χ4v) is 3.69. The van der Waals surface area contributed by atoms with Crippen LogP contribution in [0.5, 0.6) is 0 Å². The number of aryl methyl sites for hydroxylation is 2. The summed E-state index contributed by atoms with van der Waals surface area (Å²) in [7, 11) is 1.78. The molecule has 0 spiro atoms. The molecule has 4 rings (SSSR count). The number of nitrogens with one attached hydrogen (secondary N) is 1. The molecule has 0 fully saturated rings. The van der Waals surface area contributed by atoms with E-state index in [1.807, 2.05) is 6.07 Å². The molecule has 1 aliphatic heterocycles. The first kappa shape index (κ1) is 18.2. The number of carbonyl (C=O) groups is 1. The second-order valence-corrected chi connectivity index (χ2v) is 7.12. The van der Waals surface area contributed by atoms with Crippen molar-refractivity contribution in [3.05, 3.63) is 71.2 Å². The number of fused-ring (bicyclic) bond motifs is 1. The van der Waals surface area contributed by atoms with Gasteiger partial charge in [-0.15, -0.1) is 0 Å². The summed E-state index contributed by atoms with van der Waals surface area (Å²) in [6.07, 6.45) is 1.05. The van der Waals surface area contributed by atoms with Crippen LogP contribution in [0.15, 0.2) is 48.5 Å². The number of hydrogen-bond acceptors (Lipinski definition) is 3. The molecule has 1 aliphatic rings. The molecule has 0 atom stereocenters. The highest BCUT2D eigenvalue weighted by Crippen LogP contribution is 2.26. The molecule has 0 saturated heterocycles. The quantitative estimate of drug-likeness (QED) is 0.741. The third-order valence-electron chi connectivity index (χ3n) is 5.22. The van der Waals surface area contributed by atoms with Gasteiger partial charge in [-0.2, -0.15) is 5.10 Å². The molecule has 5 nitrogen and oxygen atoms in total. The van der Waals surface area contributed by atoms with Crippen molar-refractivity contribution in [1.82, 2.24) is 15.1 Å². The predicted molar refractivity (Wildman–Crippen MR) is 108 cm³/mol. The van der Waals surface area contributed by atoms with Gasteiger partial charge in [0.15, 0.2) is 5.69 Å². The van der Waals surface area contributed by atoms with Gasteiger partial charge in [0.05, 0.1) is 5.69 Å². The van der Waals surface area contributed by atoms with Crippen LogP contribution in [0.2, 0.25) is 0 Å². The van der Waals surface area contributed by atoms with Crippen molar-refractivity contribution in [2.75, 3.05) is 24.5 Å². The molecule has 1 aromatic heterocycles. The molecule has 0 unspecified atom stereocenters. The van der Waals surface area contributed by atoms with Crippen molar-refractivity contribution >= 4 is 11.6 Å². The summed E-state index contributed by atoms with van der Waals surface area (Å²) < 4.78 is 15.2. The van der Waals surface area contributed by atoms with Crippen LogP contribution in [0.25, 0.3) is 11.3 Å². The first-order valence-electron chi connectivity index (χ1n) is 9.44. The van der Waals surface area contributed by atoms with E-state index in [4.69, 9.17) is 0 Å². The lowest BCUT2D eigenvalue weighted by Crippen LogP contribution is -2.34. The second kappa shape index (κ2) is 7.46. The molecule has 1 N–H and O–H groups in total. The van der Waals surface area contributed by atoms with Crippen LogP contribution >= 0.6 is 0 Å². The summed E-state index contributed by atoms with van der Waals surface area (Å²) in [6.45, 7) is 4.01. The molecule has 144 valence electrons. The maximum atomic E-state index is 13.5. The summed E-state index contributed by atoms with van der Waals surface area (Å²) in [5.74, 6) is -0.444. The van der Waals surface area contributed by atoms with Crippen molar-refractivity contribution in [3.8, 4) is 11.3 Å². The molecule has 0 radical (unpaired) electrons. The van der Waals surface area contributed by atoms with E-state index in [9.17, 15) is 9.18 Å². The summed E-state index contributed by atoms with van der Waals surface area (Å²) in [5.41, 5.74) is 5.15. The Kier molecular flexibility index (Phi) is 4.86. The summed E-state index contributed by atoms with van der Waals surface area (Å²) in [4.78, 5) is 14.8. The van der Waals surface area contributed by atoms with Crippen LogP contribution in [0, 0.1) is 12.7 Å². The number of hydrogen-bond donors (Lipinski definition) is 1. The minimum atomic E-state index is -0.243. The van der Waals surface area contributed by atoms with E-state index in [1.54, 1.807) is 36.9 Å². The topological polar surface area (TPSA) is 50.2 Å². The number of benzene rings is 2. The van der Waals surface area contributed by atoms with Crippen molar-refractivity contribution in [1.29, 1.82) is 0 Å². The second-order valence-electron chi connectivity index (χ2n) is 7.12. The van der Waals surface area contributed by atoms with Crippen molar-refractivity contribution in [2.24, 2.45) is 7.05 Å². The lowest BCUT2D eigenvalue weighted by atomic mass is 10.1. The minimum absolute atomic E-state index is 0.201. The first-order chi connectivity index (χ1) is 13.5. The molecule has 28 heavy (non-hydrogen) atoms. The molecule has 0 aliphatic carbocycles. The van der Waals surface area contributed by atoms with Gasteiger partial charge in [-0.3, -0.25) is 9.48 Å². The largest absolute Gasteiger partial charge is 0.369 e. The molecule has 0 saturated carbocycles. The lowest BCUT2D eigenvalue weighted by Gasteiger charge is -2.19. The van der Waals surface area contributed by atoms with Gasteiger partial charge in [0.25, 0.3) is 5.91 Å². The zero-order valence-corrected chi connectivity index (χ0v) is 16.1. The molecule has 6 heteroatoms. The fourth-order valence-electron chi connectivity index (χ4n) is 3.69. The van der Waals surface area contributed by atoms with Crippen LogP contribution in [0.3, 0.4) is 0 Å². The Balaban J connectivity index is 1.40. The Morgan fingerprint density at radius 2 is 2.04 bits per heavy atom. The van der Waals surface area contributed by atoms with Gasteiger partial charge in [0, 0.05) is 37.9 Å². The van der Waals surface area contributed by atoms with Gasteiger partial charge >= 0.3 is 0 Å². The standard InChI is InChI=1S/C22H23FN4O/c1-15-13-17(7-8-18(15)23)21-14-19(25-26(21)2)22(28)24-10-12-27-11-9-16-5-3-4-6-20(16)27/h3-8,13-14H,9-12H2,1-2H3,(H,24,28). The van der Waals surface area contributed by atoms with Crippen molar-refractivity contribution in [3.63, 3.8) is 0 Å². The molecule has 0 bridgehead atoms. The van der Waals surface area contributed by atoms with E-state index >= 15 is 0 Å². The Morgan fingerprint density at radius 3 is 2.86 bits per heavy atom. The van der Waals surface area contributed by atoms with Gasteiger partial charge in [0.2, 0.25) is 0 Å². The molecular weight excluding hydrogens is 355 g/mol. The molecular formula is C22H23FN4O. The van der Waals surface area contributed by atoms with E-state index in [1.165, 1.54) is 17.3 Å². The summed E-state index contributed by atoms with van der Waals surface area (Å²) >= 11 is 0. The van der Waals surface area contributed by atoms with Crippen LogP contribution in [0.1, 0.15) is 21.6 Å². The van der Waals surface area contributed by atoms with E-state index in [0.29, 0.717) is 17.8 Å². The van der Waals surface area contributed by atoms with E-state index < -0.39 is 0 Å². The van der Waals surface area contributed by atoms with Gasteiger partial charge in [-0.1, -0.05) is 18.2 Å². The number of nitrogens with zero attached hydrogens (tertiary/aromatic N) is 3. The normalized spacial score (nSPS) is 12.9. The highest BCUT2D eigenvalue weighted by Gasteiger charge is 2.19. The molecule has 3 aromatic rings. The zero-order valence-electron chi connectivity index (χ0n) is 16.1. The van der Waals surface area contributed by atoms with Crippen molar-refractivity contribution in [2.45, 2.75) is 13.3 Å². The number of amides is 1. The number of rotatable bonds is 5. The maximum Gasteiger partial charge on any atom is 0.271 e. The average molecular weight is 378 g/mol. The predicted octanol–water partition coefficient (Wildman–Crippen LogP) is 3.33. The van der Waals surface area contributed by atoms with E-state index in [2.05, 4.69) is 33.5 Å². The van der Waals surface area contributed by atoms with Gasteiger partial charge in [-0.05, 0) is 54.8 Å². The first-order valence-corrected chi connectivity index (χ1v) is 9.44. The van der Waals surface area contributed by atoms with Gasteiger partial charge < -0.3 is 10.2 Å². The highest BCUT2D eigenvalue weighted by molar-refractivity contribution is 5.93. The SMILES string of the molecule is Cc1cc(-c2cc(C(=O)NCCN3CCc4ccccc43)nn2C)ccc1F. The Bertz CT molecular complexity index is 1030. The van der Waals surface area contributed by atoms with Crippen molar-refractivity contribution < 1.29 is 9.18 Å². The maximum absolute atomic E-state index is 13.5. The third kappa shape index (κ3) is 3.50. The van der Waals surface area contributed by atoms with Crippen LogP contribution < -0.4 is 10.2 Å². The van der Waals surface area contributed by atoms with Gasteiger partial charge in [-0.25, -0.2) is 4.39 Å². The summed E-state index contributed by atoms with van der Waals surface area (Å²) in [6, 6.07) is 15.0. The third-order valence-corrected chi connectivity index (χ3v) is 5.22.